The molecule has 0 unspecified atom stereocenters. The Labute approximate surface area is 113 Å². The fraction of sp³-hybridized carbons (Fsp3) is 0.467. The first-order valence-corrected chi connectivity index (χ1v) is 6.35. The highest BCUT2D eigenvalue weighted by molar-refractivity contribution is 5.13. The third-order valence-electron chi connectivity index (χ3n) is 2.75. The van der Waals surface area contributed by atoms with Gasteiger partial charge in [-0.2, -0.15) is 0 Å². The van der Waals surface area contributed by atoms with E-state index in [1.54, 1.807) is 0 Å². The average molecular weight is 266 g/mol. The van der Waals surface area contributed by atoms with Crippen molar-refractivity contribution in [3.63, 3.8) is 0 Å². The van der Waals surface area contributed by atoms with E-state index in [0.29, 0.717) is 13.2 Å². The van der Waals surface area contributed by atoms with E-state index in [9.17, 15) is 4.39 Å². The number of ether oxygens (including phenoxy) is 3. The van der Waals surface area contributed by atoms with Gasteiger partial charge in [0.15, 0.2) is 5.79 Å². The van der Waals surface area contributed by atoms with Gasteiger partial charge in [-0.15, -0.1) is 0 Å². The van der Waals surface area contributed by atoms with E-state index in [2.05, 4.69) is 0 Å². The lowest BCUT2D eigenvalue weighted by molar-refractivity contribution is -0.133. The lowest BCUT2D eigenvalue weighted by Gasteiger charge is -2.15. The van der Waals surface area contributed by atoms with Crippen LogP contribution in [0.25, 0.3) is 0 Å². The van der Waals surface area contributed by atoms with Crippen LogP contribution in [0, 0.1) is 0 Å². The molecule has 0 aromatic heterocycles. The van der Waals surface area contributed by atoms with Crippen LogP contribution in [0.5, 0.6) is 0 Å². The molecule has 0 radical (unpaired) electrons. The minimum Gasteiger partial charge on any atom is -0.370 e. The molecule has 0 aliphatic carbocycles. The van der Waals surface area contributed by atoms with Gasteiger partial charge in [-0.3, -0.25) is 0 Å². The molecule has 4 heteroatoms. The van der Waals surface area contributed by atoms with Crippen molar-refractivity contribution < 1.29 is 18.6 Å². The number of hydrogen-bond donors (Lipinski definition) is 0. The van der Waals surface area contributed by atoms with Crippen molar-refractivity contribution in [3.8, 4) is 0 Å². The second-order valence-corrected chi connectivity index (χ2v) is 4.96. The van der Waals surface area contributed by atoms with Gasteiger partial charge in [-0.25, -0.2) is 4.39 Å². The second-order valence-electron chi connectivity index (χ2n) is 4.96. The van der Waals surface area contributed by atoms with Gasteiger partial charge < -0.3 is 14.2 Å². The fourth-order valence-electron chi connectivity index (χ4n) is 1.89. The molecule has 1 aliphatic rings. The zero-order chi connectivity index (χ0) is 13.7. The van der Waals surface area contributed by atoms with E-state index < -0.39 is 5.79 Å². The largest absolute Gasteiger partial charge is 0.370 e. The fourth-order valence-corrected chi connectivity index (χ4v) is 1.89. The molecule has 104 valence electrons. The van der Waals surface area contributed by atoms with Gasteiger partial charge in [0.2, 0.25) is 0 Å². The molecule has 0 bridgehead atoms. The van der Waals surface area contributed by atoms with Crippen molar-refractivity contribution in [2.75, 3.05) is 13.2 Å². The smallest absolute Gasteiger partial charge is 0.163 e. The Morgan fingerprint density at radius 3 is 2.79 bits per heavy atom. The van der Waals surface area contributed by atoms with Crippen LogP contribution in [0.15, 0.2) is 42.2 Å². The third-order valence-corrected chi connectivity index (χ3v) is 2.75. The van der Waals surface area contributed by atoms with Gasteiger partial charge in [0.05, 0.1) is 19.8 Å². The van der Waals surface area contributed by atoms with Crippen molar-refractivity contribution in [3.05, 3.63) is 47.8 Å². The van der Waals surface area contributed by atoms with Crippen molar-refractivity contribution >= 4 is 0 Å². The van der Waals surface area contributed by atoms with Gasteiger partial charge in [0.1, 0.15) is 11.9 Å². The van der Waals surface area contributed by atoms with Crippen LogP contribution in [0.1, 0.15) is 19.4 Å². The van der Waals surface area contributed by atoms with E-state index in [4.69, 9.17) is 14.2 Å². The lowest BCUT2D eigenvalue weighted by Crippen LogP contribution is -2.20. The molecule has 1 aromatic rings. The zero-order valence-electron chi connectivity index (χ0n) is 11.3. The van der Waals surface area contributed by atoms with Crippen LogP contribution >= 0.6 is 0 Å². The molecule has 19 heavy (non-hydrogen) atoms. The first-order valence-electron chi connectivity index (χ1n) is 6.35. The summed E-state index contributed by atoms with van der Waals surface area (Å²) < 4.78 is 29.8. The summed E-state index contributed by atoms with van der Waals surface area (Å²) in [7, 11) is 0. The molecule has 1 aromatic carbocycles. The monoisotopic (exact) mass is 266 g/mol. The van der Waals surface area contributed by atoms with E-state index in [0.717, 1.165) is 5.56 Å². The second kappa shape index (κ2) is 6.28. The molecule has 0 amide bonds. The Morgan fingerprint density at radius 1 is 1.42 bits per heavy atom. The molecule has 0 saturated carbocycles. The molecule has 0 N–H and O–H groups in total. The van der Waals surface area contributed by atoms with E-state index in [-0.39, 0.29) is 18.5 Å². The first-order chi connectivity index (χ1) is 9.05. The highest BCUT2D eigenvalue weighted by Crippen LogP contribution is 2.23. The van der Waals surface area contributed by atoms with Crippen molar-refractivity contribution in [1.82, 2.24) is 0 Å². The molecule has 1 saturated heterocycles. The zero-order valence-corrected chi connectivity index (χ0v) is 11.3. The minimum atomic E-state index is -0.633. The molecule has 0 spiro atoms. The number of rotatable bonds is 5. The Morgan fingerprint density at radius 2 is 2.16 bits per heavy atom. The Kier molecular flexibility index (Phi) is 4.69. The van der Waals surface area contributed by atoms with Crippen LogP contribution in [-0.4, -0.2) is 25.1 Å². The minimum absolute atomic E-state index is 0.0464. The predicted molar refractivity (Wildman–Crippen MR) is 70.2 cm³/mol. The van der Waals surface area contributed by atoms with E-state index in [1.165, 1.54) is 6.08 Å². The maximum Gasteiger partial charge on any atom is 0.163 e. The molecule has 1 atom stereocenters. The Hall–Kier alpha value is -1.23. The predicted octanol–water partition coefficient (Wildman–Crippen LogP) is 3.21. The van der Waals surface area contributed by atoms with Gasteiger partial charge in [-0.1, -0.05) is 30.3 Å². The van der Waals surface area contributed by atoms with Crippen molar-refractivity contribution in [1.29, 1.82) is 0 Å². The molecule has 1 heterocycles. The summed E-state index contributed by atoms with van der Waals surface area (Å²) in [5.74, 6) is -0.964. The summed E-state index contributed by atoms with van der Waals surface area (Å²) in [6.07, 6.45) is 1.08. The summed E-state index contributed by atoms with van der Waals surface area (Å²) in [6, 6.07) is 9.67. The number of benzene rings is 1. The molecule has 2 rings (SSSR count). The molecule has 1 fully saturated rings. The Balaban J connectivity index is 1.74. The SMILES string of the molecule is CC1(C)OC[C@@H](/C=C(/F)COCc2ccccc2)O1. The maximum absolute atomic E-state index is 13.6. The molecule has 3 nitrogen and oxygen atoms in total. The van der Waals surface area contributed by atoms with Crippen LogP contribution in [0.3, 0.4) is 0 Å². The summed E-state index contributed by atoms with van der Waals surface area (Å²) in [5.41, 5.74) is 1.02. The van der Waals surface area contributed by atoms with Crippen LogP contribution in [-0.2, 0) is 20.8 Å². The number of halogens is 1. The summed E-state index contributed by atoms with van der Waals surface area (Å²) in [6.45, 7) is 4.35. The quantitative estimate of drug-likeness (QED) is 0.819. The summed E-state index contributed by atoms with van der Waals surface area (Å²) in [4.78, 5) is 0. The Bertz CT molecular complexity index is 428. The van der Waals surface area contributed by atoms with Crippen LogP contribution < -0.4 is 0 Å². The van der Waals surface area contributed by atoms with Crippen LogP contribution in [0.4, 0.5) is 4.39 Å². The highest BCUT2D eigenvalue weighted by atomic mass is 19.1. The topological polar surface area (TPSA) is 27.7 Å². The van der Waals surface area contributed by atoms with Crippen molar-refractivity contribution in [2.24, 2.45) is 0 Å². The number of hydrogen-bond acceptors (Lipinski definition) is 3. The standard InChI is InChI=1S/C15H19FO3/c1-15(2)18-11-14(19-15)8-13(16)10-17-9-12-6-4-3-5-7-12/h3-8,14H,9-11H2,1-2H3/b13-8+/t14-/m1/s1. The van der Waals surface area contributed by atoms with Gasteiger partial charge in [0.25, 0.3) is 0 Å². The van der Waals surface area contributed by atoms with Gasteiger partial charge in [0, 0.05) is 0 Å². The van der Waals surface area contributed by atoms with Gasteiger partial charge in [-0.05, 0) is 25.5 Å². The molecular formula is C15H19FO3. The summed E-state index contributed by atoms with van der Waals surface area (Å²) in [5, 5.41) is 0. The van der Waals surface area contributed by atoms with Gasteiger partial charge >= 0.3 is 0 Å². The lowest BCUT2D eigenvalue weighted by atomic mass is 10.2. The normalized spacial score (nSPS) is 22.7. The average Bonchev–Trinajstić information content (AvgIpc) is 2.70. The van der Waals surface area contributed by atoms with E-state index >= 15 is 0 Å². The van der Waals surface area contributed by atoms with E-state index in [1.807, 2.05) is 44.2 Å². The van der Waals surface area contributed by atoms with Crippen molar-refractivity contribution in [2.45, 2.75) is 32.3 Å². The third kappa shape index (κ3) is 4.74. The maximum atomic E-state index is 13.6. The highest BCUT2D eigenvalue weighted by Gasteiger charge is 2.31. The summed E-state index contributed by atoms with van der Waals surface area (Å²) >= 11 is 0. The first kappa shape index (κ1) is 14.2. The molecule has 1 aliphatic heterocycles. The van der Waals surface area contributed by atoms with Crippen LogP contribution in [0.2, 0.25) is 0 Å². The molecular weight excluding hydrogens is 247 g/mol.